The SMILES string of the molecule is C.CC(C)(C)C(=O)OCOP(=O)(CP(=O)(OCOC(=O)C(C)(C)C)OCOC(=O)C(C)(C)C)OCOC(=O)C(C)(C)C.COC1[C@@H](O[Si](C)(C)C(C)(C)C)[C@@H](/C=C/P(=O)(OCOC(=O)C(C)(C)C)OCOC(=O)C(C)(C)C)O[C@H]1n1ccc(=O)[nH]c1=O.COC1[C@@H](O[Si](C)(C)C(C)(C)C)[C@@H](C=O)O[C@H]1n1ccc(=O)[nH]c1=O. The molecule has 0 saturated carbocycles. The summed E-state index contributed by atoms with van der Waals surface area (Å²) in [5, 5.41) is -0.284. The van der Waals surface area contributed by atoms with Crippen LogP contribution in [0.3, 0.4) is 0 Å². The minimum Gasteiger partial charge on any atom is -0.438 e. The molecule has 112 heavy (non-hydrogen) atoms. The van der Waals surface area contributed by atoms with Gasteiger partial charge in [-0.25, -0.2) is 9.59 Å². The van der Waals surface area contributed by atoms with Crippen molar-refractivity contribution in [3.8, 4) is 0 Å². The van der Waals surface area contributed by atoms with E-state index in [0.717, 1.165) is 5.82 Å². The van der Waals surface area contributed by atoms with Crippen LogP contribution < -0.4 is 22.5 Å². The zero-order valence-electron chi connectivity index (χ0n) is 69.9. The molecule has 0 radical (unpaired) electrons. The van der Waals surface area contributed by atoms with Crippen LogP contribution in [-0.4, -0.2) is 175 Å². The second-order valence-electron chi connectivity index (χ2n) is 35.1. The molecule has 2 N–H and O–H groups in total. The predicted octanol–water partition coefficient (Wildman–Crippen LogP) is 11.9. The summed E-state index contributed by atoms with van der Waals surface area (Å²) in [5.41, 5.74) is -7.82. The predicted molar refractivity (Wildman–Crippen MR) is 415 cm³/mol. The van der Waals surface area contributed by atoms with Crippen molar-refractivity contribution in [2.75, 3.05) is 60.9 Å². The topological polar surface area (TPSA) is 447 Å². The van der Waals surface area contributed by atoms with Crippen molar-refractivity contribution < 1.29 is 131 Å². The summed E-state index contributed by atoms with van der Waals surface area (Å²) in [7, 11) is -15.2. The smallest absolute Gasteiger partial charge is 0.359 e. The third-order valence-electron chi connectivity index (χ3n) is 16.9. The van der Waals surface area contributed by atoms with Gasteiger partial charge in [-0.05, 0) is 167 Å². The number of aromatic nitrogens is 4. The van der Waals surface area contributed by atoms with Crippen molar-refractivity contribution in [2.45, 2.75) is 259 Å². The third kappa shape index (κ3) is 32.7. The Hall–Kier alpha value is -5.77. The van der Waals surface area contributed by atoms with Gasteiger partial charge in [0.1, 0.15) is 36.6 Å². The molecular weight excluding hydrogens is 1570 g/mol. The minimum absolute atomic E-state index is 0. The number of hydrogen-bond acceptors (Lipinski definition) is 32. The molecule has 36 nitrogen and oxygen atoms in total. The Balaban J connectivity index is 0.000000867. The van der Waals surface area contributed by atoms with Crippen molar-refractivity contribution in [1.29, 1.82) is 0 Å². The van der Waals surface area contributed by atoms with Gasteiger partial charge in [-0.3, -0.25) is 98.3 Å². The lowest BCUT2D eigenvalue weighted by Crippen LogP contribution is -2.50. The molecule has 0 aliphatic carbocycles. The fraction of sp³-hybridized carbons (Fsp3) is 0.761. The van der Waals surface area contributed by atoms with Crippen LogP contribution in [0.4, 0.5) is 0 Å². The molecule has 2 aromatic heterocycles. The Labute approximate surface area is 658 Å². The highest BCUT2D eigenvalue weighted by molar-refractivity contribution is 7.71. The standard InChI is InChI=1S/C29H49N2O12PSi.C25H46O14P2.C16H26N2O6Si.CH4/c1-27(2,3)24(33)38-17-40-44(36,41-18-39-25(34)28(4,5)6)16-14-19-21(43-45(11,12)29(7,8)9)22(37-10)23(42-19)31-15-13-20(32)30-26(31)35;1-22(2,3)18(26)32-13-36-40(30,37-14-33-19(27)23(4,5)6)17-41(31,38-15-34-20(28)24(7,8)9)39-16-35-21(29)25(10,11)12;1-16(2,3)25(5,6)24-12-10(9-19)23-14(13(12)22-4)18-8-7-11(20)17-15(18)21;/h13-16,19,21-23H,17-18H2,1-12H3,(H,30,32,35);13-17H2,1-12H3;7-10,12-14H,1-6H3,(H,17,20,21);1H4/b16-14+;;;/t19-,21+,22?,23-;;10-,12+,13?,14-;/m1.1./s1. The summed E-state index contributed by atoms with van der Waals surface area (Å²) in [6.45, 7) is 44.4. The Morgan fingerprint density at radius 1 is 0.429 bits per heavy atom. The first-order valence-corrected chi connectivity index (χ1v) is 46.2. The third-order valence-corrected chi connectivity index (χ3v) is 32.1. The molecular formula is C71H125N4O32P3Si2. The maximum atomic E-state index is 13.8. The maximum Gasteiger partial charge on any atom is 0.359 e. The van der Waals surface area contributed by atoms with Crippen LogP contribution in [0.25, 0.3) is 0 Å². The van der Waals surface area contributed by atoms with Gasteiger partial charge in [-0.2, -0.15) is 0 Å². The second-order valence-corrected chi connectivity index (χ2v) is 51.1. The van der Waals surface area contributed by atoms with Gasteiger partial charge in [-0.1, -0.05) is 49.0 Å². The first kappa shape index (κ1) is 104. The van der Waals surface area contributed by atoms with Gasteiger partial charge in [0, 0.05) is 44.6 Å². The van der Waals surface area contributed by atoms with E-state index in [-0.39, 0.29) is 17.5 Å². The van der Waals surface area contributed by atoms with Crippen molar-refractivity contribution in [2.24, 2.45) is 32.5 Å². The first-order chi connectivity index (χ1) is 50.1. The normalized spacial score (nSPS) is 19.7. The van der Waals surface area contributed by atoms with Crippen molar-refractivity contribution >= 4 is 81.5 Å². The summed E-state index contributed by atoms with van der Waals surface area (Å²) < 4.78 is 141. The highest BCUT2D eigenvalue weighted by Gasteiger charge is 2.53. The fourth-order valence-corrected chi connectivity index (χ4v) is 15.7. The number of ether oxygens (including phenoxy) is 10. The molecule has 8 atom stereocenters. The van der Waals surface area contributed by atoms with E-state index in [1.54, 1.807) is 125 Å². The fourth-order valence-electron chi connectivity index (χ4n) is 8.11. The molecule has 644 valence electrons. The molecule has 41 heteroatoms. The lowest BCUT2D eigenvalue weighted by molar-refractivity contribution is -0.163. The number of aldehydes is 1. The minimum atomic E-state index is -4.60. The van der Waals surface area contributed by atoms with Crippen LogP contribution in [0, 0.1) is 32.5 Å². The molecule has 2 aliphatic rings. The van der Waals surface area contributed by atoms with Gasteiger partial charge in [0.2, 0.25) is 40.8 Å². The zero-order chi connectivity index (χ0) is 86.1. The lowest BCUT2D eigenvalue weighted by Gasteiger charge is -2.40. The van der Waals surface area contributed by atoms with E-state index in [1.165, 1.54) is 54.0 Å². The van der Waals surface area contributed by atoms with Gasteiger partial charge in [0.25, 0.3) is 11.1 Å². The van der Waals surface area contributed by atoms with Gasteiger partial charge in [0.15, 0.2) is 41.3 Å². The number of esters is 6. The number of carbonyl (C=O) groups excluding carboxylic acids is 7. The number of nitrogens with one attached hydrogen (secondary N) is 2. The Kier molecular flexibility index (Phi) is 38.5. The number of rotatable bonds is 31. The molecule has 2 fully saturated rings. The highest BCUT2D eigenvalue weighted by atomic mass is 31.2. The van der Waals surface area contributed by atoms with Crippen LogP contribution in [0.2, 0.25) is 36.3 Å². The maximum absolute atomic E-state index is 13.8. The number of H-pyrrole nitrogens is 2. The summed E-state index contributed by atoms with van der Waals surface area (Å²) in [6.07, 6.45) is -1.97. The van der Waals surface area contributed by atoms with E-state index in [0.29, 0.717) is 6.29 Å². The summed E-state index contributed by atoms with van der Waals surface area (Å²) >= 11 is 0. The molecule has 2 unspecified atom stereocenters. The zero-order valence-corrected chi connectivity index (χ0v) is 74.6. The quantitative estimate of drug-likeness (QED) is 0.0177. The van der Waals surface area contributed by atoms with Crippen LogP contribution in [0.5, 0.6) is 0 Å². The number of nitrogens with zero attached hydrogens (tertiary/aromatic N) is 2. The Bertz CT molecular complexity index is 3720. The monoisotopic (exact) mass is 1690 g/mol. The number of methoxy groups -OCH3 is 2. The molecule has 0 amide bonds. The average Bonchev–Trinajstić information content (AvgIpc) is 1.63. The number of aromatic amines is 2. The number of carbonyl (C=O) groups is 7. The van der Waals surface area contributed by atoms with Crippen molar-refractivity contribution in [1.82, 2.24) is 19.1 Å². The first-order valence-electron chi connectivity index (χ1n) is 35.3. The molecule has 4 rings (SSSR count). The molecule has 2 aliphatic heterocycles. The van der Waals surface area contributed by atoms with Gasteiger partial charge in [0.05, 0.1) is 32.5 Å². The van der Waals surface area contributed by atoms with Crippen molar-refractivity contribution in [3.05, 3.63) is 78.1 Å². The Morgan fingerprint density at radius 3 is 0.911 bits per heavy atom. The molecule has 4 heterocycles. The van der Waals surface area contributed by atoms with E-state index in [2.05, 4.69) is 64.6 Å². The number of hydrogen-bond donors (Lipinski definition) is 2. The van der Waals surface area contributed by atoms with E-state index in [9.17, 15) is 66.4 Å². The molecule has 2 aromatic rings. The van der Waals surface area contributed by atoms with E-state index in [4.69, 9.17) is 83.4 Å². The molecule has 0 bridgehead atoms. The van der Waals surface area contributed by atoms with Crippen LogP contribution in [-0.2, 0) is 131 Å². The van der Waals surface area contributed by atoms with E-state index in [1.807, 2.05) is 13.1 Å². The van der Waals surface area contributed by atoms with Crippen LogP contribution in [0.1, 0.15) is 186 Å². The van der Waals surface area contributed by atoms with Gasteiger partial charge >= 0.3 is 70.0 Å². The lowest BCUT2D eigenvalue weighted by atomic mass is 9.98. The summed E-state index contributed by atoms with van der Waals surface area (Å²) in [5.74, 6) is -4.05. The molecule has 0 spiro atoms. The highest BCUT2D eigenvalue weighted by Crippen LogP contribution is 2.64. The van der Waals surface area contributed by atoms with Gasteiger partial charge < -0.3 is 61.0 Å². The second kappa shape index (κ2) is 41.4. The summed E-state index contributed by atoms with van der Waals surface area (Å²) in [6, 6.07) is 2.40. The average molecular weight is 1700 g/mol. The molecule has 0 aromatic carbocycles. The molecule has 2 saturated heterocycles. The van der Waals surface area contributed by atoms with E-state index < -0.39 is 226 Å². The van der Waals surface area contributed by atoms with Crippen LogP contribution >= 0.6 is 22.8 Å². The van der Waals surface area contributed by atoms with Crippen LogP contribution in [0.15, 0.2) is 55.6 Å². The Morgan fingerprint density at radius 2 is 0.679 bits per heavy atom. The van der Waals surface area contributed by atoms with Gasteiger partial charge in [-0.15, -0.1) is 0 Å². The largest absolute Gasteiger partial charge is 0.438 e. The van der Waals surface area contributed by atoms with E-state index >= 15 is 0 Å². The van der Waals surface area contributed by atoms with Crippen molar-refractivity contribution in [3.63, 3.8) is 0 Å². The summed E-state index contributed by atoms with van der Waals surface area (Å²) in [4.78, 5) is 137.